The first kappa shape index (κ1) is 43.6. The van der Waals surface area contributed by atoms with Crippen molar-refractivity contribution in [2.24, 2.45) is 0 Å². The molecule has 0 N–H and O–H groups in total. The summed E-state index contributed by atoms with van der Waals surface area (Å²) in [4.78, 5) is 0. The van der Waals surface area contributed by atoms with Gasteiger partial charge in [-0.05, 0) is 129 Å². The van der Waals surface area contributed by atoms with Gasteiger partial charge < -0.3 is 0 Å². The van der Waals surface area contributed by atoms with Gasteiger partial charge in [-0.3, -0.25) is 0 Å². The number of aryl methyl sites for hydroxylation is 3. The molecule has 0 aliphatic heterocycles. The van der Waals surface area contributed by atoms with Crippen molar-refractivity contribution in [3.63, 3.8) is 0 Å². The highest BCUT2D eigenvalue weighted by Crippen LogP contribution is 2.57. The molecule has 1 unspecified atom stereocenters. The minimum atomic E-state index is -3.70. The van der Waals surface area contributed by atoms with Crippen LogP contribution in [-0.4, -0.2) is 8.07 Å². The SMILES string of the molecule is CC1=CC(C)([Si](c2c(C)ccc(-c3ccccc3)c2-c2ccccc2)(c2c(C)ccc(-c3ccccc3)c2-c2ccccc2)c2c(C)ccc(-c3ccccc3)c2-c2ccccc2)C(C)=C1C. The van der Waals surface area contributed by atoms with Crippen LogP contribution in [0.5, 0.6) is 0 Å². The van der Waals surface area contributed by atoms with E-state index in [2.05, 4.69) is 273 Å². The predicted molar refractivity (Wildman–Crippen MR) is 291 cm³/mol. The van der Waals surface area contributed by atoms with Crippen LogP contribution in [0.1, 0.15) is 44.4 Å². The topological polar surface area (TPSA) is 0 Å². The van der Waals surface area contributed by atoms with Gasteiger partial charge in [0, 0.05) is 5.04 Å². The van der Waals surface area contributed by atoms with E-state index in [0.717, 1.165) is 0 Å². The molecule has 0 radical (unpaired) electrons. The van der Waals surface area contributed by atoms with Gasteiger partial charge in [-0.15, -0.1) is 0 Å². The summed E-state index contributed by atoms with van der Waals surface area (Å²) in [5.74, 6) is 0. The van der Waals surface area contributed by atoms with Crippen LogP contribution in [0.25, 0.3) is 66.8 Å². The first-order valence-corrected chi connectivity index (χ1v) is 25.8. The van der Waals surface area contributed by atoms with Crippen molar-refractivity contribution in [3.05, 3.63) is 258 Å². The van der Waals surface area contributed by atoms with Gasteiger partial charge in [0.05, 0.1) is 0 Å². The van der Waals surface area contributed by atoms with E-state index in [1.54, 1.807) is 0 Å². The third-order valence-electron chi connectivity index (χ3n) is 15.0. The molecule has 0 bridgehead atoms. The van der Waals surface area contributed by atoms with Gasteiger partial charge in [-0.25, -0.2) is 0 Å². The van der Waals surface area contributed by atoms with Crippen LogP contribution in [-0.2, 0) is 0 Å². The normalized spacial score (nSPS) is 14.9. The van der Waals surface area contributed by atoms with E-state index in [0.29, 0.717) is 0 Å². The Hall–Kier alpha value is -7.32. The molecule has 1 heteroatoms. The number of hydrogen-bond donors (Lipinski definition) is 0. The van der Waals surface area contributed by atoms with Crippen molar-refractivity contribution in [1.29, 1.82) is 0 Å². The van der Waals surface area contributed by atoms with Crippen molar-refractivity contribution >= 4 is 23.6 Å². The zero-order valence-corrected chi connectivity index (χ0v) is 40.9. The highest BCUT2D eigenvalue weighted by atomic mass is 28.3. The van der Waals surface area contributed by atoms with Gasteiger partial charge in [0.1, 0.15) is 0 Å². The molecule has 0 spiro atoms. The molecule has 0 aromatic heterocycles. The van der Waals surface area contributed by atoms with Crippen LogP contribution in [0, 0.1) is 20.8 Å². The summed E-state index contributed by atoms with van der Waals surface area (Å²) in [5, 5.41) is 3.89. The number of rotatable bonds is 10. The summed E-state index contributed by atoms with van der Waals surface area (Å²) < 4.78 is 0. The summed E-state index contributed by atoms with van der Waals surface area (Å²) in [6, 6.07) is 81.9. The molecule has 0 amide bonds. The maximum Gasteiger partial charge on any atom is 0.164 e. The zero-order valence-electron chi connectivity index (χ0n) is 39.9. The van der Waals surface area contributed by atoms with E-state index < -0.39 is 13.1 Å². The first-order valence-electron chi connectivity index (χ1n) is 23.8. The summed E-state index contributed by atoms with van der Waals surface area (Å²) in [6.45, 7) is 17.0. The number of hydrogen-bond acceptors (Lipinski definition) is 0. The van der Waals surface area contributed by atoms with Gasteiger partial charge in [-0.2, -0.15) is 0 Å². The van der Waals surface area contributed by atoms with E-state index in [-0.39, 0.29) is 0 Å². The van der Waals surface area contributed by atoms with E-state index >= 15 is 0 Å². The van der Waals surface area contributed by atoms with Crippen LogP contribution in [0.3, 0.4) is 0 Å². The predicted octanol–water partition coefficient (Wildman–Crippen LogP) is 16.1. The van der Waals surface area contributed by atoms with Crippen LogP contribution in [0.2, 0.25) is 5.04 Å². The molecule has 0 nitrogen and oxygen atoms in total. The van der Waals surface area contributed by atoms with Gasteiger partial charge >= 0.3 is 0 Å². The van der Waals surface area contributed by atoms with Gasteiger partial charge in [0.15, 0.2) is 8.07 Å². The Balaban J connectivity index is 1.59. The standard InChI is InChI=1S/C66H58Si/c1-45-38-41-57(51-26-14-8-15-27-51)60(54-32-20-11-21-33-54)63(45)67(66(7)44-48(4)49(5)50(66)6,64-46(2)39-42-58(52-28-16-9-17-29-52)61(64)55-34-22-12-23-35-55)65-47(3)40-43-59(53-30-18-10-19-31-53)62(65)56-36-24-13-25-37-56/h8-44H,1-7H3. The van der Waals surface area contributed by atoms with Crippen LogP contribution in [0.15, 0.2) is 241 Å². The molecule has 0 saturated carbocycles. The lowest BCUT2D eigenvalue weighted by molar-refractivity contribution is 0.869. The molecular weight excluding hydrogens is 821 g/mol. The quantitative estimate of drug-likeness (QED) is 0.0948. The zero-order chi connectivity index (χ0) is 46.3. The van der Waals surface area contributed by atoms with E-state index in [1.807, 2.05) is 0 Å². The molecule has 0 saturated heterocycles. The summed E-state index contributed by atoms with van der Waals surface area (Å²) in [7, 11) is -3.70. The lowest BCUT2D eigenvalue weighted by Gasteiger charge is -2.52. The van der Waals surface area contributed by atoms with Crippen molar-refractivity contribution in [3.8, 4) is 66.8 Å². The fourth-order valence-corrected chi connectivity index (χ4v) is 19.2. The van der Waals surface area contributed by atoms with E-state index in [9.17, 15) is 0 Å². The van der Waals surface area contributed by atoms with Gasteiger partial charge in [0.2, 0.25) is 0 Å². The molecular formula is C66H58Si. The highest BCUT2D eigenvalue weighted by molar-refractivity contribution is 7.16. The Morgan fingerprint density at radius 3 is 0.791 bits per heavy atom. The smallest absolute Gasteiger partial charge is 0.0730 e. The van der Waals surface area contributed by atoms with Crippen LogP contribution >= 0.6 is 0 Å². The highest BCUT2D eigenvalue weighted by Gasteiger charge is 2.60. The van der Waals surface area contributed by atoms with Gasteiger partial charge in [0.25, 0.3) is 0 Å². The molecule has 1 aliphatic rings. The number of benzene rings is 9. The fraction of sp³-hybridized carbons (Fsp3) is 0.121. The average Bonchev–Trinajstić information content (AvgIpc) is 3.58. The summed E-state index contributed by atoms with van der Waals surface area (Å²) in [6.07, 6.45) is 2.71. The molecule has 9 aromatic rings. The minimum Gasteiger partial charge on any atom is -0.0730 e. The van der Waals surface area contributed by atoms with Crippen molar-refractivity contribution in [2.75, 3.05) is 0 Å². The second-order valence-corrected chi connectivity index (χ2v) is 22.8. The Labute approximate surface area is 399 Å². The summed E-state index contributed by atoms with van der Waals surface area (Å²) >= 11 is 0. The summed E-state index contributed by atoms with van der Waals surface area (Å²) in [5.41, 5.74) is 23.1. The molecule has 0 fully saturated rings. The number of allylic oxidation sites excluding steroid dienone is 4. The Bertz CT molecular complexity index is 2990. The van der Waals surface area contributed by atoms with Crippen molar-refractivity contribution in [1.82, 2.24) is 0 Å². The molecule has 0 heterocycles. The van der Waals surface area contributed by atoms with Gasteiger partial charge in [-0.1, -0.05) is 259 Å². The molecule has 67 heavy (non-hydrogen) atoms. The minimum absolute atomic E-state index is 0.474. The largest absolute Gasteiger partial charge is 0.164 e. The first-order chi connectivity index (χ1) is 32.6. The monoisotopic (exact) mass is 878 g/mol. The van der Waals surface area contributed by atoms with Crippen LogP contribution in [0.4, 0.5) is 0 Å². The molecule has 1 atom stereocenters. The molecule has 9 aromatic carbocycles. The van der Waals surface area contributed by atoms with Crippen LogP contribution < -0.4 is 15.6 Å². The lowest BCUT2D eigenvalue weighted by atomic mass is 9.92. The Kier molecular flexibility index (Phi) is 11.6. The molecule has 1 aliphatic carbocycles. The second kappa shape index (κ2) is 17.8. The lowest BCUT2D eigenvalue weighted by Crippen LogP contribution is -2.76. The molecule has 326 valence electrons. The average molecular weight is 879 g/mol. The maximum atomic E-state index is 2.71. The third kappa shape index (κ3) is 7.21. The Morgan fingerprint density at radius 1 is 0.299 bits per heavy atom. The molecule has 10 rings (SSSR count). The second-order valence-electron chi connectivity index (χ2n) is 18.8. The third-order valence-corrected chi connectivity index (χ3v) is 21.3. The van der Waals surface area contributed by atoms with E-state index in [1.165, 1.54) is 116 Å². The fourth-order valence-electron chi connectivity index (χ4n) is 11.7. The van der Waals surface area contributed by atoms with Crippen molar-refractivity contribution < 1.29 is 0 Å². The van der Waals surface area contributed by atoms with E-state index in [4.69, 9.17) is 0 Å². The van der Waals surface area contributed by atoms with Crippen molar-refractivity contribution in [2.45, 2.75) is 53.5 Å². The maximum absolute atomic E-state index is 3.70. The Morgan fingerprint density at radius 2 is 0.552 bits per heavy atom.